The van der Waals surface area contributed by atoms with Crippen LogP contribution in [0, 0.1) is 0 Å². The Labute approximate surface area is 120 Å². The Kier molecular flexibility index (Phi) is 4.88. The third-order valence-corrected chi connectivity index (χ3v) is 3.09. The van der Waals surface area contributed by atoms with Gasteiger partial charge < -0.3 is 0 Å². The van der Waals surface area contributed by atoms with Crippen LogP contribution in [0.1, 0.15) is 31.9 Å². The summed E-state index contributed by atoms with van der Waals surface area (Å²) in [6.07, 6.45) is 6.83. The van der Waals surface area contributed by atoms with E-state index in [9.17, 15) is 0 Å². The fraction of sp³-hybridized carbons (Fsp3) is 0.294. The van der Waals surface area contributed by atoms with Gasteiger partial charge in [-0.15, -0.1) is 0 Å². The van der Waals surface area contributed by atoms with Gasteiger partial charge in [0.05, 0.1) is 12.1 Å². The maximum absolute atomic E-state index is 4.57. The molecule has 0 radical (unpaired) electrons. The molecular formula is C17H21N3. The first-order chi connectivity index (χ1) is 9.85. The van der Waals surface area contributed by atoms with E-state index in [-0.39, 0.29) is 0 Å². The Morgan fingerprint density at radius 3 is 2.65 bits per heavy atom. The van der Waals surface area contributed by atoms with Gasteiger partial charge in [-0.2, -0.15) is 5.10 Å². The van der Waals surface area contributed by atoms with E-state index < -0.39 is 0 Å². The maximum Gasteiger partial charge on any atom is 0.0923 e. The van der Waals surface area contributed by atoms with E-state index in [1.165, 1.54) is 16.5 Å². The summed E-state index contributed by atoms with van der Waals surface area (Å²) in [6.45, 7) is 6.94. The van der Waals surface area contributed by atoms with Crippen LogP contribution in [-0.2, 0) is 13.0 Å². The van der Waals surface area contributed by atoms with Crippen LogP contribution in [-0.4, -0.2) is 14.8 Å². The molecule has 2 aromatic heterocycles. The quantitative estimate of drug-likeness (QED) is 0.716. The second kappa shape index (κ2) is 6.85. The number of hydrogen-bond donors (Lipinski definition) is 0. The number of fused-ring (bicyclic) bond motifs is 1. The van der Waals surface area contributed by atoms with Crippen molar-refractivity contribution in [2.45, 2.75) is 33.7 Å². The first-order valence-corrected chi connectivity index (χ1v) is 7.20. The topological polar surface area (TPSA) is 30.7 Å². The highest BCUT2D eigenvalue weighted by Gasteiger charge is 2.02. The molecule has 0 N–H and O–H groups in total. The van der Waals surface area contributed by atoms with Crippen LogP contribution in [0.5, 0.6) is 0 Å². The molecule has 3 nitrogen and oxygen atoms in total. The molecule has 3 heteroatoms. The third-order valence-electron chi connectivity index (χ3n) is 3.09. The molecule has 0 spiro atoms. The predicted molar refractivity (Wildman–Crippen MR) is 83.8 cm³/mol. The standard InChI is InChI=1S/C15H15N3.C2H6/c1-2-12-5-6-15-14(8-12)11-18(17-15)10-13-4-3-7-16-9-13;1-2/h3-9,11H,2,10H2,1H3;1-2H3. The van der Waals surface area contributed by atoms with Crippen molar-refractivity contribution in [1.29, 1.82) is 0 Å². The minimum Gasteiger partial charge on any atom is -0.267 e. The Bertz CT molecular complexity index is 656. The number of nitrogens with zero attached hydrogens (tertiary/aromatic N) is 3. The third kappa shape index (κ3) is 3.23. The normalized spacial score (nSPS) is 10.2. The Morgan fingerprint density at radius 2 is 1.95 bits per heavy atom. The van der Waals surface area contributed by atoms with Crippen LogP contribution >= 0.6 is 0 Å². The van der Waals surface area contributed by atoms with E-state index in [0.29, 0.717) is 0 Å². The number of benzene rings is 1. The Balaban J connectivity index is 0.000000704. The van der Waals surface area contributed by atoms with Crippen LogP contribution in [0.4, 0.5) is 0 Å². The molecule has 3 rings (SSSR count). The number of aromatic nitrogens is 3. The van der Waals surface area contributed by atoms with Gasteiger partial charge in [0.2, 0.25) is 0 Å². The molecule has 104 valence electrons. The van der Waals surface area contributed by atoms with Crippen LogP contribution in [0.3, 0.4) is 0 Å². The average Bonchev–Trinajstić information content (AvgIpc) is 2.91. The number of pyridine rings is 1. The SMILES string of the molecule is CC.CCc1ccc2nn(Cc3cccnc3)cc2c1. The van der Waals surface area contributed by atoms with Crippen molar-refractivity contribution >= 4 is 10.9 Å². The summed E-state index contributed by atoms with van der Waals surface area (Å²) in [5.41, 5.74) is 3.57. The van der Waals surface area contributed by atoms with Gasteiger partial charge in [-0.3, -0.25) is 9.67 Å². The van der Waals surface area contributed by atoms with E-state index in [4.69, 9.17) is 0 Å². The molecule has 3 aromatic rings. The summed E-state index contributed by atoms with van der Waals surface area (Å²) < 4.78 is 1.97. The van der Waals surface area contributed by atoms with Crippen molar-refractivity contribution in [1.82, 2.24) is 14.8 Å². The van der Waals surface area contributed by atoms with Crippen molar-refractivity contribution < 1.29 is 0 Å². The number of rotatable bonds is 3. The zero-order valence-corrected chi connectivity index (χ0v) is 12.4. The van der Waals surface area contributed by atoms with Gasteiger partial charge in [0.25, 0.3) is 0 Å². The molecule has 0 aliphatic carbocycles. The summed E-state index contributed by atoms with van der Waals surface area (Å²) in [4.78, 5) is 4.12. The average molecular weight is 267 g/mol. The van der Waals surface area contributed by atoms with E-state index in [1.54, 1.807) is 6.20 Å². The summed E-state index contributed by atoms with van der Waals surface area (Å²) in [6, 6.07) is 10.5. The maximum atomic E-state index is 4.57. The molecule has 20 heavy (non-hydrogen) atoms. The smallest absolute Gasteiger partial charge is 0.0923 e. The largest absolute Gasteiger partial charge is 0.267 e. The minimum atomic E-state index is 0.768. The molecule has 0 bridgehead atoms. The second-order valence-electron chi connectivity index (χ2n) is 4.43. The number of aryl methyl sites for hydroxylation is 1. The summed E-state index contributed by atoms with van der Waals surface area (Å²) in [5.74, 6) is 0. The Hall–Kier alpha value is -2.16. The second-order valence-corrected chi connectivity index (χ2v) is 4.43. The van der Waals surface area contributed by atoms with E-state index >= 15 is 0 Å². The van der Waals surface area contributed by atoms with Gasteiger partial charge in [0.15, 0.2) is 0 Å². The fourth-order valence-electron chi connectivity index (χ4n) is 2.11. The minimum absolute atomic E-state index is 0.768. The zero-order chi connectivity index (χ0) is 14.4. The van der Waals surface area contributed by atoms with Crippen molar-refractivity contribution in [2.24, 2.45) is 0 Å². The zero-order valence-electron chi connectivity index (χ0n) is 12.4. The lowest BCUT2D eigenvalue weighted by molar-refractivity contribution is 0.693. The van der Waals surface area contributed by atoms with Crippen molar-refractivity contribution in [2.75, 3.05) is 0 Å². The molecule has 0 amide bonds. The van der Waals surface area contributed by atoms with Gasteiger partial charge in [0, 0.05) is 24.0 Å². The van der Waals surface area contributed by atoms with Gasteiger partial charge in [-0.05, 0) is 35.7 Å². The van der Waals surface area contributed by atoms with Crippen LogP contribution < -0.4 is 0 Å². The highest BCUT2D eigenvalue weighted by Crippen LogP contribution is 2.15. The summed E-state index contributed by atoms with van der Waals surface area (Å²) >= 11 is 0. The van der Waals surface area contributed by atoms with Crippen molar-refractivity contribution in [3.05, 3.63) is 60.0 Å². The molecule has 0 saturated heterocycles. The molecule has 2 heterocycles. The molecular weight excluding hydrogens is 246 g/mol. The lowest BCUT2D eigenvalue weighted by atomic mass is 10.1. The highest BCUT2D eigenvalue weighted by atomic mass is 15.3. The lowest BCUT2D eigenvalue weighted by Gasteiger charge is -1.99. The van der Waals surface area contributed by atoms with Gasteiger partial charge in [-0.25, -0.2) is 0 Å². The van der Waals surface area contributed by atoms with Crippen molar-refractivity contribution in [3.63, 3.8) is 0 Å². The number of hydrogen-bond acceptors (Lipinski definition) is 2. The summed E-state index contributed by atoms with van der Waals surface area (Å²) in [7, 11) is 0. The van der Waals surface area contributed by atoms with Crippen LogP contribution in [0.25, 0.3) is 10.9 Å². The first kappa shape index (κ1) is 14.3. The van der Waals surface area contributed by atoms with Crippen LogP contribution in [0.2, 0.25) is 0 Å². The molecule has 0 fully saturated rings. The van der Waals surface area contributed by atoms with E-state index in [0.717, 1.165) is 18.5 Å². The van der Waals surface area contributed by atoms with Gasteiger partial charge in [-0.1, -0.05) is 32.9 Å². The molecule has 0 saturated carbocycles. The molecule has 0 aliphatic rings. The van der Waals surface area contributed by atoms with Crippen molar-refractivity contribution in [3.8, 4) is 0 Å². The predicted octanol–water partition coefficient (Wildman–Crippen LogP) is 4.07. The molecule has 0 unspecified atom stereocenters. The molecule has 0 atom stereocenters. The highest BCUT2D eigenvalue weighted by molar-refractivity contribution is 5.78. The molecule has 1 aromatic carbocycles. The molecule has 0 aliphatic heterocycles. The Morgan fingerprint density at radius 1 is 1.10 bits per heavy atom. The van der Waals surface area contributed by atoms with E-state index in [1.807, 2.05) is 30.8 Å². The monoisotopic (exact) mass is 267 g/mol. The fourth-order valence-corrected chi connectivity index (χ4v) is 2.11. The van der Waals surface area contributed by atoms with E-state index in [2.05, 4.69) is 47.5 Å². The lowest BCUT2D eigenvalue weighted by Crippen LogP contribution is -1.99. The van der Waals surface area contributed by atoms with Crippen LogP contribution in [0.15, 0.2) is 48.9 Å². The first-order valence-electron chi connectivity index (χ1n) is 7.20. The van der Waals surface area contributed by atoms with Gasteiger partial charge in [0.1, 0.15) is 0 Å². The summed E-state index contributed by atoms with van der Waals surface area (Å²) in [5, 5.41) is 5.78. The van der Waals surface area contributed by atoms with Gasteiger partial charge >= 0.3 is 0 Å².